The summed E-state index contributed by atoms with van der Waals surface area (Å²) in [6.45, 7) is 2.08. The van der Waals surface area contributed by atoms with Crippen molar-refractivity contribution in [2.24, 2.45) is 0 Å². The number of nitrogens with one attached hydrogen (secondary N) is 1. The Hall–Kier alpha value is -2.32. The van der Waals surface area contributed by atoms with Gasteiger partial charge < -0.3 is 10.1 Å². The van der Waals surface area contributed by atoms with Gasteiger partial charge in [-0.05, 0) is 36.8 Å². The van der Waals surface area contributed by atoms with Crippen LogP contribution >= 0.6 is 11.6 Å². The Bertz CT molecular complexity index is 968. The number of halogens is 2. The third kappa shape index (κ3) is 3.86. The Morgan fingerprint density at radius 2 is 2.07 bits per heavy atom. The highest BCUT2D eigenvalue weighted by atomic mass is 35.5. The van der Waals surface area contributed by atoms with Crippen LogP contribution in [0.25, 0.3) is 0 Å². The number of amides is 1. The zero-order chi connectivity index (χ0) is 19.6. The maximum Gasteiger partial charge on any atom is 0.267 e. The number of ether oxygens (including phenoxy) is 1. The molecule has 0 unspecified atom stereocenters. The van der Waals surface area contributed by atoms with Crippen LogP contribution in [0, 0.1) is 5.82 Å². The van der Waals surface area contributed by atoms with Gasteiger partial charge in [-0.3, -0.25) is 9.10 Å². The monoisotopic (exact) mass is 412 g/mol. The van der Waals surface area contributed by atoms with Crippen LogP contribution in [0.15, 0.2) is 47.4 Å². The fraction of sp³-hybridized carbons (Fsp3) is 0.278. The standard InChI is InChI=1S/C18H18ClFN2O4S/c1-2-9-21-18(23)16-11-22(14-5-3-4-6-15(14)26-16)27(24,25)17-8-7-12(19)10-13(17)20/h3-8,10,16H,2,9,11H2,1H3,(H,21,23)/t16-/m1/s1. The molecule has 1 amide bonds. The van der Waals surface area contributed by atoms with E-state index in [1.807, 2.05) is 6.92 Å². The first-order chi connectivity index (χ1) is 12.8. The second-order valence-corrected chi connectivity index (χ2v) is 8.24. The molecule has 2 aromatic carbocycles. The van der Waals surface area contributed by atoms with Gasteiger partial charge in [0.25, 0.3) is 15.9 Å². The van der Waals surface area contributed by atoms with Crippen LogP contribution in [0.5, 0.6) is 5.75 Å². The van der Waals surface area contributed by atoms with Crippen LogP contribution in [0.3, 0.4) is 0 Å². The summed E-state index contributed by atoms with van der Waals surface area (Å²) in [4.78, 5) is 11.8. The number of hydrogen-bond acceptors (Lipinski definition) is 4. The van der Waals surface area contributed by atoms with Crippen LogP contribution < -0.4 is 14.4 Å². The molecule has 0 bridgehead atoms. The van der Waals surface area contributed by atoms with Gasteiger partial charge in [-0.15, -0.1) is 0 Å². The second-order valence-electron chi connectivity index (χ2n) is 5.98. The van der Waals surface area contributed by atoms with Crippen molar-refractivity contribution in [3.63, 3.8) is 0 Å². The molecule has 0 fully saturated rings. The zero-order valence-corrected chi connectivity index (χ0v) is 16.1. The molecule has 9 heteroatoms. The van der Waals surface area contributed by atoms with Crippen molar-refractivity contribution in [2.75, 3.05) is 17.4 Å². The molecular weight excluding hydrogens is 395 g/mol. The van der Waals surface area contributed by atoms with Gasteiger partial charge in [-0.2, -0.15) is 0 Å². The van der Waals surface area contributed by atoms with E-state index in [1.165, 1.54) is 6.07 Å². The number of nitrogens with zero attached hydrogens (tertiary/aromatic N) is 1. The lowest BCUT2D eigenvalue weighted by molar-refractivity contribution is -0.127. The molecule has 27 heavy (non-hydrogen) atoms. The molecule has 0 saturated carbocycles. The number of benzene rings is 2. The predicted octanol–water partition coefficient (Wildman–Crippen LogP) is 2.96. The van der Waals surface area contributed by atoms with Crippen LogP contribution in [0.4, 0.5) is 10.1 Å². The number of carbonyl (C=O) groups is 1. The van der Waals surface area contributed by atoms with Gasteiger partial charge in [0.1, 0.15) is 16.5 Å². The van der Waals surface area contributed by atoms with Crippen molar-refractivity contribution < 1.29 is 22.3 Å². The van der Waals surface area contributed by atoms with E-state index in [4.69, 9.17) is 16.3 Å². The Morgan fingerprint density at radius 1 is 1.33 bits per heavy atom. The number of rotatable bonds is 5. The molecule has 0 saturated heterocycles. The number of anilines is 1. The first-order valence-electron chi connectivity index (χ1n) is 8.35. The quantitative estimate of drug-likeness (QED) is 0.819. The molecule has 1 aliphatic heterocycles. The van der Waals surface area contributed by atoms with E-state index in [0.29, 0.717) is 6.54 Å². The summed E-state index contributed by atoms with van der Waals surface area (Å²) in [6, 6.07) is 9.76. The lowest BCUT2D eigenvalue weighted by atomic mass is 10.2. The fourth-order valence-electron chi connectivity index (χ4n) is 2.73. The van der Waals surface area contributed by atoms with E-state index >= 15 is 0 Å². The van der Waals surface area contributed by atoms with Crippen molar-refractivity contribution in [3.05, 3.63) is 53.3 Å². The fourth-order valence-corrected chi connectivity index (χ4v) is 4.41. The molecule has 0 aromatic heterocycles. The maximum atomic E-state index is 14.3. The highest BCUT2D eigenvalue weighted by molar-refractivity contribution is 7.92. The Balaban J connectivity index is 2.03. The summed E-state index contributed by atoms with van der Waals surface area (Å²) in [7, 11) is -4.27. The molecule has 6 nitrogen and oxygen atoms in total. The molecule has 0 spiro atoms. The Labute approximate surface area is 161 Å². The maximum absolute atomic E-state index is 14.3. The average molecular weight is 413 g/mol. The summed E-state index contributed by atoms with van der Waals surface area (Å²) < 4.78 is 47.2. The van der Waals surface area contributed by atoms with E-state index in [9.17, 15) is 17.6 Å². The normalized spacial score (nSPS) is 16.4. The van der Waals surface area contributed by atoms with Crippen LogP contribution in [0.1, 0.15) is 13.3 Å². The topological polar surface area (TPSA) is 75.7 Å². The Morgan fingerprint density at radius 3 is 2.78 bits per heavy atom. The highest BCUT2D eigenvalue weighted by Crippen LogP contribution is 2.37. The summed E-state index contributed by atoms with van der Waals surface area (Å²) in [6.07, 6.45) is -0.316. The minimum absolute atomic E-state index is 0.0886. The lowest BCUT2D eigenvalue weighted by Gasteiger charge is -2.34. The van der Waals surface area contributed by atoms with Crippen molar-refractivity contribution in [1.82, 2.24) is 5.32 Å². The largest absolute Gasteiger partial charge is 0.476 e. The molecule has 1 heterocycles. The minimum atomic E-state index is -4.27. The number of hydrogen-bond donors (Lipinski definition) is 1. The van der Waals surface area contributed by atoms with Gasteiger partial charge >= 0.3 is 0 Å². The number of fused-ring (bicyclic) bond motifs is 1. The molecule has 0 aliphatic carbocycles. The van der Waals surface area contributed by atoms with Crippen molar-refractivity contribution >= 4 is 33.2 Å². The van der Waals surface area contributed by atoms with Crippen LogP contribution in [-0.2, 0) is 14.8 Å². The molecule has 1 aliphatic rings. The SMILES string of the molecule is CCCNC(=O)[C@H]1CN(S(=O)(=O)c2ccc(Cl)cc2F)c2ccccc2O1. The van der Waals surface area contributed by atoms with Gasteiger partial charge in [-0.25, -0.2) is 12.8 Å². The lowest BCUT2D eigenvalue weighted by Crippen LogP contribution is -2.50. The number of carbonyl (C=O) groups excluding carboxylic acids is 1. The number of sulfonamides is 1. The first kappa shape index (κ1) is 19.4. The minimum Gasteiger partial charge on any atom is -0.476 e. The van der Waals surface area contributed by atoms with Gasteiger partial charge in [-0.1, -0.05) is 30.7 Å². The average Bonchev–Trinajstić information content (AvgIpc) is 2.64. The van der Waals surface area contributed by atoms with E-state index < -0.39 is 32.7 Å². The van der Waals surface area contributed by atoms with Gasteiger partial charge in [0, 0.05) is 11.6 Å². The van der Waals surface area contributed by atoms with Crippen molar-refractivity contribution in [1.29, 1.82) is 0 Å². The molecule has 2 aromatic rings. The van der Waals surface area contributed by atoms with E-state index in [0.717, 1.165) is 22.9 Å². The van der Waals surface area contributed by atoms with Gasteiger partial charge in [0.05, 0.1) is 12.2 Å². The molecule has 144 valence electrons. The molecule has 3 rings (SSSR count). The highest BCUT2D eigenvalue weighted by Gasteiger charge is 2.38. The van der Waals surface area contributed by atoms with Crippen molar-refractivity contribution in [3.8, 4) is 5.75 Å². The van der Waals surface area contributed by atoms with Gasteiger partial charge in [0.15, 0.2) is 6.10 Å². The second kappa shape index (κ2) is 7.74. The molecule has 0 radical (unpaired) electrons. The smallest absolute Gasteiger partial charge is 0.267 e. The van der Waals surface area contributed by atoms with E-state index in [1.54, 1.807) is 24.3 Å². The summed E-state index contributed by atoms with van der Waals surface area (Å²) in [5.41, 5.74) is 0.242. The molecular formula is C18H18ClFN2O4S. The van der Waals surface area contributed by atoms with Crippen LogP contribution in [0.2, 0.25) is 5.02 Å². The number of para-hydroxylation sites is 2. The van der Waals surface area contributed by atoms with Crippen LogP contribution in [-0.4, -0.2) is 33.5 Å². The Kier molecular flexibility index (Phi) is 5.57. The first-order valence-corrected chi connectivity index (χ1v) is 10.2. The summed E-state index contributed by atoms with van der Waals surface area (Å²) in [5, 5.41) is 2.78. The van der Waals surface area contributed by atoms with E-state index in [-0.39, 0.29) is 23.0 Å². The molecule has 1 atom stereocenters. The summed E-state index contributed by atoms with van der Waals surface area (Å²) in [5.74, 6) is -1.15. The zero-order valence-electron chi connectivity index (χ0n) is 14.5. The van der Waals surface area contributed by atoms with Crippen molar-refractivity contribution in [2.45, 2.75) is 24.3 Å². The third-order valence-electron chi connectivity index (χ3n) is 4.04. The summed E-state index contributed by atoms with van der Waals surface area (Å²) >= 11 is 5.73. The predicted molar refractivity (Wildman–Crippen MR) is 100 cm³/mol. The third-order valence-corrected chi connectivity index (χ3v) is 6.09. The molecule has 1 N–H and O–H groups in total. The van der Waals surface area contributed by atoms with Gasteiger partial charge in [0.2, 0.25) is 0 Å². The van der Waals surface area contributed by atoms with E-state index in [2.05, 4.69) is 5.32 Å².